The molecule has 0 spiro atoms. The van der Waals surface area contributed by atoms with Crippen molar-refractivity contribution >= 4 is 5.91 Å². The molecule has 1 atom stereocenters. The zero-order chi connectivity index (χ0) is 13.9. The highest BCUT2D eigenvalue weighted by molar-refractivity contribution is 5.94. The number of hydrogen-bond acceptors (Lipinski definition) is 3. The Hall–Kier alpha value is -2.14. The smallest absolute Gasteiger partial charge is 0.254 e. The Morgan fingerprint density at radius 2 is 2.15 bits per heavy atom. The highest BCUT2D eigenvalue weighted by Crippen LogP contribution is 2.20. The van der Waals surface area contributed by atoms with E-state index in [1.165, 1.54) is 0 Å². The van der Waals surface area contributed by atoms with Gasteiger partial charge in [0.15, 0.2) is 0 Å². The second-order valence-electron chi connectivity index (χ2n) is 4.99. The zero-order valence-corrected chi connectivity index (χ0v) is 11.1. The fraction of sp³-hybridized carbons (Fsp3) is 0.333. The Kier molecular flexibility index (Phi) is 3.52. The molecule has 1 amide bonds. The molecule has 2 aromatic rings. The van der Waals surface area contributed by atoms with Crippen molar-refractivity contribution in [3.8, 4) is 5.69 Å². The highest BCUT2D eigenvalue weighted by atomic mass is 16.3. The van der Waals surface area contributed by atoms with Crippen molar-refractivity contribution in [1.29, 1.82) is 0 Å². The van der Waals surface area contributed by atoms with Gasteiger partial charge in [-0.05, 0) is 37.1 Å². The predicted octanol–water partition coefficient (Wildman–Crippen LogP) is 1.47. The van der Waals surface area contributed by atoms with Crippen molar-refractivity contribution < 1.29 is 9.90 Å². The molecule has 104 valence electrons. The summed E-state index contributed by atoms with van der Waals surface area (Å²) in [5, 5.41) is 9.30. The molecule has 0 aliphatic carbocycles. The summed E-state index contributed by atoms with van der Waals surface area (Å²) in [5.74, 6) is -0.00117. The van der Waals surface area contributed by atoms with E-state index in [0.29, 0.717) is 5.56 Å². The molecule has 3 rings (SSSR count). The maximum Gasteiger partial charge on any atom is 0.254 e. The first-order valence-corrected chi connectivity index (χ1v) is 6.80. The maximum absolute atomic E-state index is 12.4. The molecule has 5 nitrogen and oxygen atoms in total. The third-order valence-corrected chi connectivity index (χ3v) is 3.77. The minimum atomic E-state index is -0.0316. The third kappa shape index (κ3) is 2.32. The van der Waals surface area contributed by atoms with Gasteiger partial charge in [0, 0.05) is 30.2 Å². The standard InChI is InChI=1S/C15H17N3O2/c19-10-14-2-1-8-18(14)15(20)12-3-5-13(6-4-12)17-9-7-16-11-17/h3-7,9,11,14,19H,1-2,8,10H2/t14-/m1/s1. The van der Waals surface area contributed by atoms with E-state index in [2.05, 4.69) is 4.98 Å². The number of hydrogen-bond donors (Lipinski definition) is 1. The van der Waals surface area contributed by atoms with Crippen LogP contribution in [0.15, 0.2) is 43.0 Å². The summed E-state index contributed by atoms with van der Waals surface area (Å²) in [6.07, 6.45) is 7.15. The number of aromatic nitrogens is 2. The van der Waals surface area contributed by atoms with E-state index in [1.807, 2.05) is 35.0 Å². The van der Waals surface area contributed by atoms with E-state index in [-0.39, 0.29) is 18.6 Å². The Morgan fingerprint density at radius 1 is 1.35 bits per heavy atom. The molecule has 1 aromatic heterocycles. The fourth-order valence-corrected chi connectivity index (χ4v) is 2.65. The first kappa shape index (κ1) is 12.9. The number of aliphatic hydroxyl groups is 1. The van der Waals surface area contributed by atoms with Gasteiger partial charge in [-0.2, -0.15) is 0 Å². The van der Waals surface area contributed by atoms with Crippen LogP contribution in [0, 0.1) is 0 Å². The average Bonchev–Trinajstić information content (AvgIpc) is 3.17. The SMILES string of the molecule is O=C(c1ccc(-n2ccnc2)cc1)N1CCC[C@@H]1CO. The van der Waals surface area contributed by atoms with Gasteiger partial charge in [-0.3, -0.25) is 4.79 Å². The zero-order valence-electron chi connectivity index (χ0n) is 11.1. The van der Waals surface area contributed by atoms with Crippen LogP contribution >= 0.6 is 0 Å². The molecule has 1 N–H and O–H groups in total. The number of carbonyl (C=O) groups is 1. The molecule has 1 aliphatic heterocycles. The highest BCUT2D eigenvalue weighted by Gasteiger charge is 2.28. The van der Waals surface area contributed by atoms with E-state index < -0.39 is 0 Å². The summed E-state index contributed by atoms with van der Waals surface area (Å²) in [6.45, 7) is 0.770. The summed E-state index contributed by atoms with van der Waals surface area (Å²) in [7, 11) is 0. The molecule has 1 fully saturated rings. The lowest BCUT2D eigenvalue weighted by molar-refractivity contribution is 0.0677. The molecule has 1 aliphatic rings. The lowest BCUT2D eigenvalue weighted by Gasteiger charge is -2.23. The number of imidazole rings is 1. The number of carbonyl (C=O) groups excluding carboxylic acids is 1. The lowest BCUT2D eigenvalue weighted by Crippen LogP contribution is -2.37. The number of nitrogens with zero attached hydrogens (tertiary/aromatic N) is 3. The maximum atomic E-state index is 12.4. The number of benzene rings is 1. The molecule has 20 heavy (non-hydrogen) atoms. The number of aliphatic hydroxyl groups excluding tert-OH is 1. The van der Waals surface area contributed by atoms with Crippen molar-refractivity contribution in [2.24, 2.45) is 0 Å². The van der Waals surface area contributed by atoms with Crippen molar-refractivity contribution in [3.63, 3.8) is 0 Å². The monoisotopic (exact) mass is 271 g/mol. The first-order valence-electron chi connectivity index (χ1n) is 6.80. The fourth-order valence-electron chi connectivity index (χ4n) is 2.65. The Labute approximate surface area is 117 Å². The second-order valence-corrected chi connectivity index (χ2v) is 4.99. The largest absolute Gasteiger partial charge is 0.394 e. The van der Waals surface area contributed by atoms with Crippen LogP contribution < -0.4 is 0 Å². The van der Waals surface area contributed by atoms with Gasteiger partial charge in [-0.25, -0.2) is 4.98 Å². The minimum Gasteiger partial charge on any atom is -0.394 e. The van der Waals surface area contributed by atoms with Crippen LogP contribution in [0.3, 0.4) is 0 Å². The quantitative estimate of drug-likeness (QED) is 0.919. The van der Waals surface area contributed by atoms with Gasteiger partial charge in [-0.1, -0.05) is 0 Å². The van der Waals surface area contributed by atoms with Gasteiger partial charge in [-0.15, -0.1) is 0 Å². The van der Waals surface area contributed by atoms with E-state index in [1.54, 1.807) is 17.4 Å². The van der Waals surface area contributed by atoms with Crippen LogP contribution in [0.2, 0.25) is 0 Å². The predicted molar refractivity (Wildman–Crippen MR) is 74.7 cm³/mol. The summed E-state index contributed by atoms with van der Waals surface area (Å²) >= 11 is 0. The van der Waals surface area contributed by atoms with Crippen LogP contribution in [0.5, 0.6) is 0 Å². The van der Waals surface area contributed by atoms with Crippen molar-refractivity contribution in [3.05, 3.63) is 48.5 Å². The molecule has 1 saturated heterocycles. The summed E-state index contributed by atoms with van der Waals surface area (Å²) in [5.41, 5.74) is 1.63. The Balaban J connectivity index is 1.79. The third-order valence-electron chi connectivity index (χ3n) is 3.77. The molecule has 0 saturated carbocycles. The van der Waals surface area contributed by atoms with Gasteiger partial charge >= 0.3 is 0 Å². The minimum absolute atomic E-state index is 0.00117. The van der Waals surface area contributed by atoms with Gasteiger partial charge in [0.05, 0.1) is 19.0 Å². The van der Waals surface area contributed by atoms with Gasteiger partial charge < -0.3 is 14.6 Å². The number of likely N-dealkylation sites (tertiary alicyclic amines) is 1. The van der Waals surface area contributed by atoms with Crippen molar-refractivity contribution in [1.82, 2.24) is 14.5 Å². The number of rotatable bonds is 3. The Morgan fingerprint density at radius 3 is 2.80 bits per heavy atom. The Bertz CT molecular complexity index is 578. The molecular formula is C15H17N3O2. The normalized spacial score (nSPS) is 18.4. The molecule has 0 unspecified atom stereocenters. The van der Waals surface area contributed by atoms with Crippen LogP contribution in [-0.4, -0.2) is 44.7 Å². The first-order chi connectivity index (χ1) is 9.79. The second kappa shape index (κ2) is 5.46. The summed E-state index contributed by atoms with van der Waals surface area (Å²) in [4.78, 5) is 18.2. The molecule has 1 aromatic carbocycles. The van der Waals surface area contributed by atoms with E-state index in [0.717, 1.165) is 25.1 Å². The molecule has 5 heteroatoms. The molecule has 0 radical (unpaired) electrons. The van der Waals surface area contributed by atoms with E-state index >= 15 is 0 Å². The summed E-state index contributed by atoms with van der Waals surface area (Å²) < 4.78 is 1.89. The van der Waals surface area contributed by atoms with Crippen molar-refractivity contribution in [2.45, 2.75) is 18.9 Å². The topological polar surface area (TPSA) is 58.4 Å². The van der Waals surface area contributed by atoms with Gasteiger partial charge in [0.25, 0.3) is 5.91 Å². The van der Waals surface area contributed by atoms with E-state index in [4.69, 9.17) is 0 Å². The molecule has 2 heterocycles. The number of amides is 1. The molecule has 0 bridgehead atoms. The summed E-state index contributed by atoms with van der Waals surface area (Å²) in [6, 6.07) is 7.42. The average molecular weight is 271 g/mol. The van der Waals surface area contributed by atoms with Gasteiger partial charge in [0.1, 0.15) is 0 Å². The van der Waals surface area contributed by atoms with Crippen LogP contribution in [-0.2, 0) is 0 Å². The van der Waals surface area contributed by atoms with Crippen LogP contribution in [0.1, 0.15) is 23.2 Å². The van der Waals surface area contributed by atoms with Crippen LogP contribution in [0.25, 0.3) is 5.69 Å². The van der Waals surface area contributed by atoms with E-state index in [9.17, 15) is 9.90 Å². The lowest BCUT2D eigenvalue weighted by atomic mass is 10.1. The molecular weight excluding hydrogens is 254 g/mol. The van der Waals surface area contributed by atoms with Crippen LogP contribution in [0.4, 0.5) is 0 Å². The van der Waals surface area contributed by atoms with Gasteiger partial charge in [0.2, 0.25) is 0 Å². The van der Waals surface area contributed by atoms with Crippen molar-refractivity contribution in [2.75, 3.05) is 13.2 Å².